The number of aromatic amines is 1. The second kappa shape index (κ2) is 11.8. The highest BCUT2D eigenvalue weighted by Gasteiger charge is 2.45. The largest absolute Gasteiger partial charge is 0.492 e. The maximum atomic E-state index is 13.3. The van der Waals surface area contributed by atoms with Gasteiger partial charge in [-0.05, 0) is 69.4 Å². The lowest BCUT2D eigenvalue weighted by molar-refractivity contribution is -0.148. The third-order valence-corrected chi connectivity index (χ3v) is 5.92. The molecule has 1 saturated heterocycles. The van der Waals surface area contributed by atoms with Crippen LogP contribution in [-0.2, 0) is 19.1 Å². The molecule has 0 amide bonds. The molecule has 1 unspecified atom stereocenters. The number of aromatic nitrogens is 2. The molecule has 1 atom stereocenters. The number of benzene rings is 1. The summed E-state index contributed by atoms with van der Waals surface area (Å²) in [5, 5.41) is 0.833. The van der Waals surface area contributed by atoms with E-state index >= 15 is 0 Å². The number of rotatable bonds is 10. The van der Waals surface area contributed by atoms with Gasteiger partial charge in [-0.1, -0.05) is 13.3 Å². The Morgan fingerprint density at radius 1 is 1.27 bits per heavy atom. The average molecular weight is 505 g/mol. The number of nitrogens with one attached hydrogen (secondary N) is 1. The van der Waals surface area contributed by atoms with E-state index in [1.54, 1.807) is 24.5 Å². The van der Waals surface area contributed by atoms with Crippen molar-refractivity contribution in [3.8, 4) is 5.75 Å². The first-order chi connectivity index (χ1) is 17.9. The second-order valence-corrected chi connectivity index (χ2v) is 9.12. The number of esters is 1. The molecule has 0 aliphatic carbocycles. The van der Waals surface area contributed by atoms with Crippen molar-refractivity contribution in [3.05, 3.63) is 59.6 Å². The number of hydrogen-bond acceptors (Lipinski definition) is 8. The van der Waals surface area contributed by atoms with Crippen LogP contribution in [0.3, 0.4) is 0 Å². The predicted molar refractivity (Wildman–Crippen MR) is 142 cm³/mol. The standard InChI is InChI=1S/C28H32N4O5/c1-5-6-13-36-28(34)24-25(33)23(16-19-17-30-26-21(19)8-7-11-29-26)37-27(24)31-22-10-9-20(15-18(22)2)35-14-12-32(3)4/h7-11,15-17,24H,5-6,12-14H2,1-4H3,(H,29,30)/b23-16-,31-27?. The van der Waals surface area contributed by atoms with Crippen LogP contribution >= 0.6 is 0 Å². The van der Waals surface area contributed by atoms with Gasteiger partial charge in [0.1, 0.15) is 18.0 Å². The number of pyridine rings is 1. The van der Waals surface area contributed by atoms with Crippen molar-refractivity contribution in [2.45, 2.75) is 26.7 Å². The maximum Gasteiger partial charge on any atom is 0.326 e. The second-order valence-electron chi connectivity index (χ2n) is 9.12. The highest BCUT2D eigenvalue weighted by molar-refractivity contribution is 6.27. The van der Waals surface area contributed by atoms with Gasteiger partial charge >= 0.3 is 5.97 Å². The quantitative estimate of drug-likeness (QED) is 0.188. The van der Waals surface area contributed by atoms with Gasteiger partial charge in [-0.25, -0.2) is 9.98 Å². The monoisotopic (exact) mass is 504 g/mol. The number of carbonyl (C=O) groups is 2. The van der Waals surface area contributed by atoms with Crippen molar-refractivity contribution in [3.63, 3.8) is 0 Å². The first-order valence-corrected chi connectivity index (χ1v) is 12.4. The number of unbranched alkanes of at least 4 members (excludes halogenated alkanes) is 1. The van der Waals surface area contributed by atoms with E-state index in [1.165, 1.54) is 0 Å². The number of aliphatic imine (C=N–C) groups is 1. The molecule has 3 heterocycles. The fourth-order valence-electron chi connectivity index (χ4n) is 3.82. The molecule has 0 radical (unpaired) electrons. The fraction of sp³-hybridized carbons (Fsp3) is 0.357. The highest BCUT2D eigenvalue weighted by Crippen LogP contribution is 2.31. The van der Waals surface area contributed by atoms with Gasteiger partial charge < -0.3 is 24.1 Å². The predicted octanol–water partition coefficient (Wildman–Crippen LogP) is 4.44. The van der Waals surface area contributed by atoms with Gasteiger partial charge in [-0.2, -0.15) is 0 Å². The fourth-order valence-corrected chi connectivity index (χ4v) is 3.82. The zero-order valence-corrected chi connectivity index (χ0v) is 21.6. The van der Waals surface area contributed by atoms with Crippen molar-refractivity contribution >= 4 is 40.4 Å². The van der Waals surface area contributed by atoms with Crippen LogP contribution in [-0.4, -0.2) is 66.4 Å². The summed E-state index contributed by atoms with van der Waals surface area (Å²) in [6.45, 7) is 5.47. The van der Waals surface area contributed by atoms with Crippen molar-refractivity contribution in [1.82, 2.24) is 14.9 Å². The summed E-state index contributed by atoms with van der Waals surface area (Å²) in [4.78, 5) is 40.2. The Bertz CT molecular complexity index is 1340. The Morgan fingerprint density at radius 2 is 2.11 bits per heavy atom. The van der Waals surface area contributed by atoms with Crippen molar-refractivity contribution in [1.29, 1.82) is 0 Å². The first kappa shape index (κ1) is 26.1. The third kappa shape index (κ3) is 6.24. The number of nitrogens with zero attached hydrogens (tertiary/aromatic N) is 3. The van der Waals surface area contributed by atoms with Crippen LogP contribution < -0.4 is 4.74 Å². The van der Waals surface area contributed by atoms with E-state index in [2.05, 4.69) is 15.0 Å². The van der Waals surface area contributed by atoms with Gasteiger partial charge in [0, 0.05) is 29.9 Å². The molecule has 194 valence electrons. The summed E-state index contributed by atoms with van der Waals surface area (Å²) in [5.74, 6) is -1.66. The van der Waals surface area contributed by atoms with Gasteiger partial charge in [0.05, 0.1) is 12.3 Å². The van der Waals surface area contributed by atoms with Crippen molar-refractivity contribution < 1.29 is 23.8 Å². The van der Waals surface area contributed by atoms with Crippen LogP contribution in [0.1, 0.15) is 30.9 Å². The number of carbonyl (C=O) groups excluding carboxylic acids is 2. The van der Waals surface area contributed by atoms with Crippen LogP contribution in [0.5, 0.6) is 5.75 Å². The number of allylic oxidation sites excluding steroid dienone is 1. The van der Waals surface area contributed by atoms with Crippen LogP contribution in [0.15, 0.2) is 53.5 Å². The Labute approximate surface area is 216 Å². The molecule has 9 heteroatoms. The molecule has 3 aromatic rings. The Morgan fingerprint density at radius 3 is 2.86 bits per heavy atom. The molecular formula is C28H32N4O5. The number of likely N-dealkylation sites (N-methyl/N-ethyl adjacent to an activating group) is 1. The molecule has 1 aliphatic rings. The number of fused-ring (bicyclic) bond motifs is 1. The molecule has 1 N–H and O–H groups in total. The summed E-state index contributed by atoms with van der Waals surface area (Å²) in [6, 6.07) is 9.17. The minimum absolute atomic E-state index is 0.0000842. The summed E-state index contributed by atoms with van der Waals surface area (Å²) < 4.78 is 17.1. The molecule has 9 nitrogen and oxygen atoms in total. The SMILES string of the molecule is CCCCOC(=O)C1C(=O)/C(=C/c2c[nH]c3ncccc23)OC1=Nc1ccc(OCCN(C)C)cc1C. The minimum atomic E-state index is -1.26. The zero-order valence-electron chi connectivity index (χ0n) is 21.6. The van der Waals surface area contributed by atoms with Crippen LogP contribution in [0.2, 0.25) is 0 Å². The topological polar surface area (TPSA) is 106 Å². The van der Waals surface area contributed by atoms with Crippen LogP contribution in [0.25, 0.3) is 17.1 Å². The summed E-state index contributed by atoms with van der Waals surface area (Å²) in [6.07, 6.45) is 6.60. The van der Waals surface area contributed by atoms with E-state index < -0.39 is 17.7 Å². The number of ketones is 1. The maximum absolute atomic E-state index is 13.3. The highest BCUT2D eigenvalue weighted by atomic mass is 16.5. The molecule has 0 spiro atoms. The molecule has 0 bridgehead atoms. The molecule has 37 heavy (non-hydrogen) atoms. The Kier molecular flexibility index (Phi) is 8.35. The Balaban J connectivity index is 1.63. The lowest BCUT2D eigenvalue weighted by Crippen LogP contribution is -2.28. The van der Waals surface area contributed by atoms with Crippen LogP contribution in [0.4, 0.5) is 5.69 Å². The molecule has 2 aromatic heterocycles. The summed E-state index contributed by atoms with van der Waals surface area (Å²) in [7, 11) is 3.97. The minimum Gasteiger partial charge on any atom is -0.492 e. The molecule has 1 fully saturated rings. The Hall–Kier alpha value is -3.98. The van der Waals surface area contributed by atoms with Crippen molar-refractivity contribution in [2.75, 3.05) is 33.9 Å². The smallest absolute Gasteiger partial charge is 0.326 e. The molecule has 1 aliphatic heterocycles. The number of hydrogen-bond donors (Lipinski definition) is 1. The number of H-pyrrole nitrogens is 1. The van der Waals surface area contributed by atoms with Gasteiger partial charge in [0.2, 0.25) is 11.7 Å². The van der Waals surface area contributed by atoms with E-state index in [0.29, 0.717) is 24.4 Å². The molecular weight excluding hydrogens is 472 g/mol. The van der Waals surface area contributed by atoms with Gasteiger partial charge in [-0.3, -0.25) is 9.59 Å². The average Bonchev–Trinajstić information content (AvgIpc) is 3.41. The van der Waals surface area contributed by atoms with Crippen LogP contribution in [0, 0.1) is 12.8 Å². The number of Topliss-reactive ketones (excluding diaryl/α,β-unsaturated/α-hetero) is 1. The number of aryl methyl sites for hydroxylation is 1. The van der Waals surface area contributed by atoms with Crippen molar-refractivity contribution in [2.24, 2.45) is 10.9 Å². The molecule has 0 saturated carbocycles. The van der Waals surface area contributed by atoms with E-state index in [4.69, 9.17) is 14.2 Å². The van der Waals surface area contributed by atoms with Gasteiger partial charge in [-0.15, -0.1) is 0 Å². The molecule has 4 rings (SSSR count). The zero-order chi connectivity index (χ0) is 26.4. The van der Waals surface area contributed by atoms with Gasteiger partial charge in [0.25, 0.3) is 0 Å². The van der Waals surface area contributed by atoms with E-state index in [9.17, 15) is 9.59 Å². The van der Waals surface area contributed by atoms with E-state index in [-0.39, 0.29) is 18.3 Å². The summed E-state index contributed by atoms with van der Waals surface area (Å²) in [5.41, 5.74) is 2.81. The normalized spacial score (nSPS) is 17.6. The first-order valence-electron chi connectivity index (χ1n) is 12.4. The number of ether oxygens (including phenoxy) is 3. The molecule has 1 aromatic carbocycles. The van der Waals surface area contributed by atoms with E-state index in [1.807, 2.05) is 57.1 Å². The summed E-state index contributed by atoms with van der Waals surface area (Å²) >= 11 is 0. The van der Waals surface area contributed by atoms with Gasteiger partial charge in [0.15, 0.2) is 11.7 Å². The lowest BCUT2D eigenvalue weighted by atomic mass is 10.0. The lowest BCUT2D eigenvalue weighted by Gasteiger charge is -2.12. The van der Waals surface area contributed by atoms with E-state index in [0.717, 1.165) is 35.2 Å². The third-order valence-electron chi connectivity index (χ3n) is 5.92.